The van der Waals surface area contributed by atoms with Gasteiger partial charge in [0.15, 0.2) is 37.4 Å². The number of ether oxygens (including phenoxy) is 1. The molecule has 1 amide bonds. The maximum atomic E-state index is 14.7. The largest absolute Gasteiger partial charge is 0.480 e. The van der Waals surface area contributed by atoms with Crippen molar-refractivity contribution < 1.29 is 48.3 Å². The third-order valence-corrected chi connectivity index (χ3v) is 8.88. The number of rotatable bonds is 7. The van der Waals surface area contributed by atoms with Crippen LogP contribution in [0.1, 0.15) is 24.2 Å². The van der Waals surface area contributed by atoms with E-state index in [0.29, 0.717) is 0 Å². The molecule has 0 saturated carbocycles. The lowest BCUT2D eigenvalue weighted by Crippen LogP contribution is -2.49. The molecule has 0 radical (unpaired) electrons. The first-order valence-electron chi connectivity index (χ1n) is 11.3. The number of piperazine rings is 1. The molecule has 38 heavy (non-hydrogen) atoms. The molecule has 1 heterocycles. The molecule has 1 aliphatic rings. The number of sulfone groups is 2. The second kappa shape index (κ2) is 10.7. The van der Waals surface area contributed by atoms with E-state index < -0.39 is 71.5 Å². The van der Waals surface area contributed by atoms with Crippen molar-refractivity contribution in [3.63, 3.8) is 0 Å². The first-order valence-corrected chi connectivity index (χ1v) is 14.8. The van der Waals surface area contributed by atoms with Crippen LogP contribution in [0.4, 0.5) is 27.6 Å². The minimum absolute atomic E-state index is 0.0249. The van der Waals surface area contributed by atoms with Gasteiger partial charge in [-0.15, -0.1) is 0 Å². The van der Waals surface area contributed by atoms with Crippen molar-refractivity contribution in [1.29, 1.82) is 0 Å². The van der Waals surface area contributed by atoms with Crippen LogP contribution >= 0.6 is 0 Å². The van der Waals surface area contributed by atoms with Gasteiger partial charge >= 0.3 is 6.18 Å². The van der Waals surface area contributed by atoms with Gasteiger partial charge in [0.25, 0.3) is 5.91 Å². The predicted octanol–water partition coefficient (Wildman–Crippen LogP) is 3.45. The van der Waals surface area contributed by atoms with Crippen LogP contribution in [0.2, 0.25) is 0 Å². The highest BCUT2D eigenvalue weighted by molar-refractivity contribution is 7.91. The predicted molar refractivity (Wildman–Crippen MR) is 128 cm³/mol. The van der Waals surface area contributed by atoms with Crippen molar-refractivity contribution in [3.8, 4) is 5.75 Å². The Bertz CT molecular complexity index is 1440. The number of carbonyl (C=O) groups is 1. The summed E-state index contributed by atoms with van der Waals surface area (Å²) in [5, 5.41) is 0. The fourth-order valence-corrected chi connectivity index (χ4v) is 5.35. The molecule has 15 heteroatoms. The van der Waals surface area contributed by atoms with Crippen LogP contribution < -0.4 is 9.64 Å². The van der Waals surface area contributed by atoms with Crippen LogP contribution in [-0.2, 0) is 19.7 Å². The van der Waals surface area contributed by atoms with Crippen molar-refractivity contribution in [1.82, 2.24) is 4.90 Å². The molecular weight excluding hydrogens is 559 g/mol. The molecule has 0 N–H and O–H groups in total. The molecule has 3 rings (SSSR count). The summed E-state index contributed by atoms with van der Waals surface area (Å²) >= 11 is 0. The summed E-state index contributed by atoms with van der Waals surface area (Å²) in [4.78, 5) is 14.8. The molecule has 0 spiro atoms. The first-order chi connectivity index (χ1) is 17.5. The summed E-state index contributed by atoms with van der Waals surface area (Å²) < 4.78 is 121. The molecule has 210 valence electrons. The minimum atomic E-state index is -4.74. The Morgan fingerprint density at radius 2 is 1.61 bits per heavy atom. The number of halogens is 5. The van der Waals surface area contributed by atoms with Gasteiger partial charge in [-0.3, -0.25) is 4.79 Å². The first kappa shape index (κ1) is 29.6. The van der Waals surface area contributed by atoms with Gasteiger partial charge in [0.05, 0.1) is 21.9 Å². The van der Waals surface area contributed by atoms with Crippen LogP contribution in [-0.4, -0.2) is 78.1 Å². The maximum Gasteiger partial charge on any atom is 0.425 e. The van der Waals surface area contributed by atoms with Crippen molar-refractivity contribution in [2.45, 2.75) is 35.9 Å². The third kappa shape index (κ3) is 6.20. The number of benzene rings is 2. The quantitative estimate of drug-likeness (QED) is 0.460. The molecule has 0 aromatic heterocycles. The van der Waals surface area contributed by atoms with Gasteiger partial charge < -0.3 is 14.5 Å². The van der Waals surface area contributed by atoms with Crippen molar-refractivity contribution >= 4 is 31.3 Å². The van der Waals surface area contributed by atoms with E-state index in [1.165, 1.54) is 16.7 Å². The van der Waals surface area contributed by atoms with Crippen molar-refractivity contribution in [2.24, 2.45) is 0 Å². The Kier molecular flexibility index (Phi) is 8.32. The molecule has 8 nitrogen and oxygen atoms in total. The van der Waals surface area contributed by atoms with Crippen LogP contribution in [0.3, 0.4) is 0 Å². The Morgan fingerprint density at radius 3 is 2.13 bits per heavy atom. The minimum Gasteiger partial charge on any atom is -0.480 e. The van der Waals surface area contributed by atoms with Gasteiger partial charge in [-0.25, -0.2) is 25.6 Å². The zero-order valence-corrected chi connectivity index (χ0v) is 22.2. The zero-order valence-electron chi connectivity index (χ0n) is 20.5. The lowest BCUT2D eigenvalue weighted by molar-refractivity contribution is -0.189. The summed E-state index contributed by atoms with van der Waals surface area (Å²) in [7, 11) is -7.81. The van der Waals surface area contributed by atoms with Crippen LogP contribution in [0, 0.1) is 11.6 Å². The van der Waals surface area contributed by atoms with Crippen LogP contribution in [0.25, 0.3) is 0 Å². The van der Waals surface area contributed by atoms with E-state index in [0.717, 1.165) is 43.5 Å². The van der Waals surface area contributed by atoms with Gasteiger partial charge in [0.2, 0.25) is 0 Å². The standard InChI is InChI=1S/C23H25F5N2O6S2/c1-4-38(34,35)19-8-6-17(20(24)21(19)25)29-9-11-30(12-10-29)22(31)16-13-15(37(3,32)33)5-7-18(16)36-14(2)23(26,27)28/h5-8,13-14H,4,9-12H2,1-3H3. The van der Waals surface area contributed by atoms with Gasteiger partial charge in [0.1, 0.15) is 10.6 Å². The van der Waals surface area contributed by atoms with Gasteiger partial charge in [-0.05, 0) is 37.3 Å². The number of nitrogens with zero attached hydrogens (tertiary/aromatic N) is 2. The number of anilines is 1. The molecule has 2 aromatic rings. The van der Waals surface area contributed by atoms with E-state index in [4.69, 9.17) is 4.74 Å². The fourth-order valence-electron chi connectivity index (χ4n) is 3.75. The number of alkyl halides is 3. The smallest absolute Gasteiger partial charge is 0.425 e. The fraction of sp³-hybridized carbons (Fsp3) is 0.435. The van der Waals surface area contributed by atoms with E-state index in [1.807, 2.05) is 0 Å². The topological polar surface area (TPSA) is 101 Å². The molecular formula is C23H25F5N2O6S2. The zero-order chi connectivity index (χ0) is 28.6. The molecule has 0 bridgehead atoms. The summed E-state index contributed by atoms with van der Waals surface area (Å²) in [6.07, 6.45) is -6.15. The van der Waals surface area contributed by atoms with Gasteiger partial charge in [0, 0.05) is 32.4 Å². The Labute approximate surface area is 216 Å². The number of hydrogen-bond donors (Lipinski definition) is 0. The lowest BCUT2D eigenvalue weighted by Gasteiger charge is -2.36. The van der Waals surface area contributed by atoms with Crippen LogP contribution in [0.15, 0.2) is 40.1 Å². The Morgan fingerprint density at radius 1 is 1.00 bits per heavy atom. The summed E-state index contributed by atoms with van der Waals surface area (Å²) in [6, 6.07) is 5.03. The van der Waals surface area contributed by atoms with Gasteiger partial charge in [-0.2, -0.15) is 13.2 Å². The van der Waals surface area contributed by atoms with Gasteiger partial charge in [-0.1, -0.05) is 6.92 Å². The highest BCUT2D eigenvalue weighted by Gasteiger charge is 2.39. The SMILES string of the molecule is CCS(=O)(=O)c1ccc(N2CCN(C(=O)c3cc(S(C)(=O)=O)ccc3OC(C)C(F)(F)F)CC2)c(F)c1F. The normalized spacial score (nSPS) is 15.9. The molecule has 1 unspecified atom stereocenters. The number of carbonyl (C=O) groups excluding carboxylic acids is 1. The monoisotopic (exact) mass is 584 g/mol. The van der Waals surface area contributed by atoms with Crippen molar-refractivity contribution in [3.05, 3.63) is 47.5 Å². The average Bonchev–Trinajstić information content (AvgIpc) is 2.84. The molecule has 2 aromatic carbocycles. The maximum absolute atomic E-state index is 14.7. The third-order valence-electron chi connectivity index (χ3n) is 6.02. The molecule has 1 saturated heterocycles. The second-order valence-corrected chi connectivity index (χ2v) is 12.9. The highest BCUT2D eigenvalue weighted by Crippen LogP contribution is 2.31. The second-order valence-electron chi connectivity index (χ2n) is 8.63. The molecule has 1 atom stereocenters. The van der Waals surface area contributed by atoms with E-state index in [1.54, 1.807) is 0 Å². The van der Waals surface area contributed by atoms with Crippen LogP contribution in [0.5, 0.6) is 5.75 Å². The van der Waals surface area contributed by atoms with Crippen molar-refractivity contribution in [2.75, 3.05) is 43.1 Å². The molecule has 1 aliphatic heterocycles. The molecule has 0 aliphatic carbocycles. The van der Waals surface area contributed by atoms with E-state index in [2.05, 4.69) is 0 Å². The summed E-state index contributed by atoms with van der Waals surface area (Å²) in [6.45, 7) is 1.83. The lowest BCUT2D eigenvalue weighted by atomic mass is 10.1. The highest BCUT2D eigenvalue weighted by atomic mass is 32.2. The Balaban J connectivity index is 1.86. The number of hydrogen-bond acceptors (Lipinski definition) is 7. The number of amides is 1. The van der Waals surface area contributed by atoms with E-state index in [9.17, 15) is 43.6 Å². The van der Waals surface area contributed by atoms with E-state index >= 15 is 0 Å². The Hall–Kier alpha value is -2.94. The summed E-state index contributed by atoms with van der Waals surface area (Å²) in [5.41, 5.74) is -0.615. The molecule has 1 fully saturated rings. The average molecular weight is 585 g/mol. The summed E-state index contributed by atoms with van der Waals surface area (Å²) in [5.74, 6) is -4.57. The van der Waals surface area contributed by atoms with E-state index in [-0.39, 0.29) is 36.8 Å².